The predicted molar refractivity (Wildman–Crippen MR) is 124 cm³/mol. The molecule has 2 aromatic carbocycles. The summed E-state index contributed by atoms with van der Waals surface area (Å²) in [4.78, 5) is 35.8. The monoisotopic (exact) mass is 442 g/mol. The minimum absolute atomic E-state index is 0.175. The van der Waals surface area contributed by atoms with Crippen molar-refractivity contribution in [3.63, 3.8) is 0 Å². The largest absolute Gasteiger partial charge is 0.350 e. The molecule has 0 fully saturated rings. The van der Waals surface area contributed by atoms with Gasteiger partial charge in [-0.2, -0.15) is 10.2 Å². The molecule has 0 spiro atoms. The van der Waals surface area contributed by atoms with Crippen LogP contribution in [0.4, 0.5) is 5.69 Å². The minimum Gasteiger partial charge on any atom is -0.350 e. The summed E-state index contributed by atoms with van der Waals surface area (Å²) in [6.07, 6.45) is 3.23. The summed E-state index contributed by atoms with van der Waals surface area (Å²) in [5, 5.41) is 14.1. The van der Waals surface area contributed by atoms with Crippen molar-refractivity contribution < 1.29 is 9.59 Å². The van der Waals surface area contributed by atoms with Crippen LogP contribution in [0.3, 0.4) is 0 Å². The predicted octanol–water partition coefficient (Wildman–Crippen LogP) is 2.48. The summed E-state index contributed by atoms with van der Waals surface area (Å²) in [6, 6.07) is 19.6. The number of carbonyl (C=O) groups is 2. The van der Waals surface area contributed by atoms with E-state index in [4.69, 9.17) is 0 Å². The Balaban J connectivity index is 1.36. The van der Waals surface area contributed by atoms with Gasteiger partial charge in [0.05, 0.1) is 36.0 Å². The van der Waals surface area contributed by atoms with Gasteiger partial charge in [-0.25, -0.2) is 9.36 Å². The summed E-state index contributed by atoms with van der Waals surface area (Å²) in [5.74, 6) is -0.431. The van der Waals surface area contributed by atoms with Gasteiger partial charge in [-0.15, -0.1) is 0 Å². The summed E-state index contributed by atoms with van der Waals surface area (Å²) >= 11 is 0. The van der Waals surface area contributed by atoms with Crippen molar-refractivity contribution in [1.29, 1.82) is 0 Å². The Hall–Kier alpha value is -4.53. The van der Waals surface area contributed by atoms with Crippen LogP contribution in [-0.4, -0.2) is 37.9 Å². The maximum absolute atomic E-state index is 12.5. The van der Waals surface area contributed by atoms with Crippen LogP contribution < -0.4 is 16.2 Å². The summed E-state index contributed by atoms with van der Waals surface area (Å²) in [6.45, 7) is 1.94. The Morgan fingerprint density at radius 2 is 1.73 bits per heavy atom. The highest BCUT2D eigenvalue weighted by Crippen LogP contribution is 2.14. The normalized spacial score (nSPS) is 10.6. The van der Waals surface area contributed by atoms with Gasteiger partial charge < -0.3 is 10.6 Å². The van der Waals surface area contributed by atoms with Crippen LogP contribution in [0, 0.1) is 0 Å². The molecule has 2 N–H and O–H groups in total. The summed E-state index contributed by atoms with van der Waals surface area (Å²) < 4.78 is 2.95. The van der Waals surface area contributed by atoms with E-state index >= 15 is 0 Å². The molecule has 4 rings (SSSR count). The number of benzene rings is 2. The molecule has 9 nitrogen and oxygen atoms in total. The van der Waals surface area contributed by atoms with Crippen LogP contribution in [0.1, 0.15) is 17.3 Å². The maximum atomic E-state index is 12.5. The highest BCUT2D eigenvalue weighted by Gasteiger charge is 2.08. The average Bonchev–Trinajstić information content (AvgIpc) is 3.28. The highest BCUT2D eigenvalue weighted by atomic mass is 16.2. The minimum atomic E-state index is -0.256. The zero-order chi connectivity index (χ0) is 23.2. The van der Waals surface area contributed by atoms with Gasteiger partial charge in [0.25, 0.3) is 11.5 Å². The molecule has 0 aliphatic heterocycles. The van der Waals surface area contributed by atoms with E-state index < -0.39 is 0 Å². The molecule has 2 aromatic heterocycles. The molecule has 33 heavy (non-hydrogen) atoms. The lowest BCUT2D eigenvalue weighted by Crippen LogP contribution is -2.31. The summed E-state index contributed by atoms with van der Waals surface area (Å²) in [7, 11) is 0. The van der Waals surface area contributed by atoms with Crippen LogP contribution in [0.15, 0.2) is 83.9 Å². The van der Waals surface area contributed by atoms with E-state index in [0.29, 0.717) is 16.9 Å². The lowest BCUT2D eigenvalue weighted by Gasteiger charge is -2.09. The molecular weight excluding hydrogens is 420 g/mol. The number of amides is 2. The van der Waals surface area contributed by atoms with Gasteiger partial charge in [0, 0.05) is 30.7 Å². The second-order valence-electron chi connectivity index (χ2n) is 7.30. The third-order valence-corrected chi connectivity index (χ3v) is 4.84. The van der Waals surface area contributed by atoms with Crippen LogP contribution in [-0.2, 0) is 11.3 Å². The van der Waals surface area contributed by atoms with Gasteiger partial charge in [-0.05, 0) is 30.3 Å². The Morgan fingerprint density at radius 1 is 0.970 bits per heavy atom. The molecule has 166 valence electrons. The molecule has 0 bridgehead atoms. The lowest BCUT2D eigenvalue weighted by atomic mass is 10.1. The number of nitrogens with one attached hydrogen (secondary N) is 2. The van der Waals surface area contributed by atoms with Gasteiger partial charge in [0.15, 0.2) is 0 Å². The highest BCUT2D eigenvalue weighted by molar-refractivity contribution is 5.94. The Labute approximate surface area is 189 Å². The number of rotatable bonds is 7. The second-order valence-corrected chi connectivity index (χ2v) is 7.30. The van der Waals surface area contributed by atoms with Crippen LogP contribution in [0.2, 0.25) is 0 Å². The van der Waals surface area contributed by atoms with E-state index in [-0.39, 0.29) is 30.5 Å². The number of hydrogen-bond acceptors (Lipinski definition) is 5. The molecule has 0 saturated carbocycles. The Kier molecular flexibility index (Phi) is 6.40. The second kappa shape index (κ2) is 9.73. The van der Waals surface area contributed by atoms with Crippen molar-refractivity contribution in [1.82, 2.24) is 24.9 Å². The molecule has 9 heteroatoms. The van der Waals surface area contributed by atoms with Crippen LogP contribution >= 0.6 is 0 Å². The van der Waals surface area contributed by atoms with Crippen molar-refractivity contribution >= 4 is 17.5 Å². The third-order valence-electron chi connectivity index (χ3n) is 4.84. The molecule has 0 aliphatic rings. The lowest BCUT2D eigenvalue weighted by molar-refractivity contribution is -0.114. The fourth-order valence-electron chi connectivity index (χ4n) is 3.25. The zero-order valence-electron chi connectivity index (χ0n) is 17.9. The molecule has 0 aliphatic carbocycles. The molecule has 4 aromatic rings. The molecule has 2 heterocycles. The first kappa shape index (κ1) is 21.7. The Bertz CT molecular complexity index is 1330. The first-order valence-electron chi connectivity index (χ1n) is 10.3. The van der Waals surface area contributed by atoms with Gasteiger partial charge in [-0.1, -0.05) is 30.3 Å². The molecule has 0 unspecified atom stereocenters. The van der Waals surface area contributed by atoms with Gasteiger partial charge in [-0.3, -0.25) is 14.4 Å². The number of hydrogen-bond donors (Lipinski definition) is 2. The van der Waals surface area contributed by atoms with Crippen molar-refractivity contribution in [2.45, 2.75) is 13.5 Å². The van der Waals surface area contributed by atoms with Crippen LogP contribution in [0.5, 0.6) is 0 Å². The smallest absolute Gasteiger partial charge is 0.266 e. The molecular formula is C24H22N6O3. The van der Waals surface area contributed by atoms with Crippen LogP contribution in [0.25, 0.3) is 16.9 Å². The third kappa shape index (κ3) is 5.40. The maximum Gasteiger partial charge on any atom is 0.266 e. The average molecular weight is 442 g/mol. The number of carbonyl (C=O) groups excluding carboxylic acids is 2. The van der Waals surface area contributed by atoms with Crippen molar-refractivity contribution in [3.05, 3.63) is 95.0 Å². The molecule has 0 saturated heterocycles. The van der Waals surface area contributed by atoms with Gasteiger partial charge in [0.2, 0.25) is 5.91 Å². The molecule has 2 amide bonds. The zero-order valence-corrected chi connectivity index (χ0v) is 17.9. The SMILES string of the molecule is CC(=O)Nc1cnn(-c2ccc(C(=O)NCCn3nc(-c4ccccc4)ccc3=O)cc2)c1. The van der Waals surface area contributed by atoms with E-state index in [1.807, 2.05) is 30.3 Å². The van der Waals surface area contributed by atoms with Gasteiger partial charge in [0.1, 0.15) is 0 Å². The quantitative estimate of drug-likeness (QED) is 0.457. The first-order valence-corrected chi connectivity index (χ1v) is 10.3. The number of nitrogens with zero attached hydrogens (tertiary/aromatic N) is 4. The number of aromatic nitrogens is 4. The van der Waals surface area contributed by atoms with E-state index in [2.05, 4.69) is 20.8 Å². The van der Waals surface area contributed by atoms with E-state index in [1.54, 1.807) is 47.4 Å². The molecule has 0 radical (unpaired) electrons. The van der Waals surface area contributed by atoms with Crippen molar-refractivity contribution in [2.24, 2.45) is 0 Å². The topological polar surface area (TPSA) is 111 Å². The fourth-order valence-corrected chi connectivity index (χ4v) is 3.25. The van der Waals surface area contributed by atoms with E-state index in [0.717, 1.165) is 11.3 Å². The van der Waals surface area contributed by atoms with E-state index in [9.17, 15) is 14.4 Å². The standard InChI is InChI=1S/C24H22N6O3/c1-17(31)27-20-15-26-30(16-20)21-9-7-19(8-10-21)24(33)25-13-14-29-23(32)12-11-22(28-29)18-5-3-2-4-6-18/h2-12,15-16H,13-14H2,1H3,(H,25,33)(H,27,31). The first-order chi connectivity index (χ1) is 16.0. The van der Waals surface area contributed by atoms with Crippen molar-refractivity contribution in [2.75, 3.05) is 11.9 Å². The molecule has 0 atom stereocenters. The summed E-state index contributed by atoms with van der Waals surface area (Å²) in [5.41, 5.74) is 3.19. The number of anilines is 1. The van der Waals surface area contributed by atoms with Gasteiger partial charge >= 0.3 is 0 Å². The van der Waals surface area contributed by atoms with E-state index in [1.165, 1.54) is 17.7 Å². The fraction of sp³-hybridized carbons (Fsp3) is 0.125. The Morgan fingerprint density at radius 3 is 2.45 bits per heavy atom. The van der Waals surface area contributed by atoms with Crippen molar-refractivity contribution in [3.8, 4) is 16.9 Å².